The quantitative estimate of drug-likeness (QED) is 0.814. The summed E-state index contributed by atoms with van der Waals surface area (Å²) in [7, 11) is 0. The highest BCUT2D eigenvalue weighted by Crippen LogP contribution is 2.39. The van der Waals surface area contributed by atoms with Gasteiger partial charge >= 0.3 is 5.97 Å². The third-order valence-electron chi connectivity index (χ3n) is 3.81. The molecule has 2 aliphatic carbocycles. The van der Waals surface area contributed by atoms with Crippen LogP contribution in [0.15, 0.2) is 0 Å². The summed E-state index contributed by atoms with van der Waals surface area (Å²) in [5.74, 6) is 0.688. The first-order valence-corrected chi connectivity index (χ1v) is 7.99. The molecule has 3 rings (SSSR count). The van der Waals surface area contributed by atoms with Gasteiger partial charge in [0.1, 0.15) is 5.92 Å². The molecular weight excluding hydrogens is 260 g/mol. The average molecular weight is 280 g/mol. The number of ether oxygens (including phenoxy) is 1. The van der Waals surface area contributed by atoms with Crippen LogP contribution < -0.4 is 5.32 Å². The monoisotopic (exact) mass is 280 g/mol. The van der Waals surface area contributed by atoms with Crippen LogP contribution in [0.1, 0.15) is 49.1 Å². The van der Waals surface area contributed by atoms with Gasteiger partial charge in [-0.15, -0.1) is 11.3 Å². The van der Waals surface area contributed by atoms with Crippen molar-refractivity contribution in [2.24, 2.45) is 5.92 Å². The van der Waals surface area contributed by atoms with E-state index in [4.69, 9.17) is 4.74 Å². The molecule has 104 valence electrons. The SMILES string of the molecule is CCOC(=O)C1CCc2sc(NCCC3CC3)nc21. The van der Waals surface area contributed by atoms with Gasteiger partial charge in [0.25, 0.3) is 0 Å². The minimum Gasteiger partial charge on any atom is -0.465 e. The van der Waals surface area contributed by atoms with Gasteiger partial charge in [-0.2, -0.15) is 0 Å². The van der Waals surface area contributed by atoms with Crippen molar-refractivity contribution in [3.05, 3.63) is 10.6 Å². The lowest BCUT2D eigenvalue weighted by Gasteiger charge is -2.08. The molecule has 1 heterocycles. The van der Waals surface area contributed by atoms with Crippen LogP contribution in [0.5, 0.6) is 0 Å². The van der Waals surface area contributed by atoms with Crippen molar-refractivity contribution in [1.82, 2.24) is 4.98 Å². The van der Waals surface area contributed by atoms with E-state index in [2.05, 4.69) is 10.3 Å². The summed E-state index contributed by atoms with van der Waals surface area (Å²) in [6, 6.07) is 0. The van der Waals surface area contributed by atoms with Crippen molar-refractivity contribution >= 4 is 22.4 Å². The molecule has 5 heteroatoms. The maximum absolute atomic E-state index is 11.9. The number of hydrogen-bond donors (Lipinski definition) is 1. The number of hydrogen-bond acceptors (Lipinski definition) is 5. The minimum atomic E-state index is -0.134. The smallest absolute Gasteiger partial charge is 0.315 e. The van der Waals surface area contributed by atoms with Gasteiger partial charge in [0.05, 0.1) is 12.3 Å². The van der Waals surface area contributed by atoms with E-state index in [1.54, 1.807) is 11.3 Å². The molecule has 1 aromatic heterocycles. The topological polar surface area (TPSA) is 51.2 Å². The standard InChI is InChI=1S/C14H20N2O2S/c1-2-18-13(17)10-5-6-11-12(10)16-14(19-11)15-8-7-9-3-4-9/h9-10H,2-8H2,1H3,(H,15,16). The number of esters is 1. The number of thiazole rings is 1. The number of fused-ring (bicyclic) bond motifs is 1. The first-order valence-electron chi connectivity index (χ1n) is 7.18. The minimum absolute atomic E-state index is 0.115. The zero-order chi connectivity index (χ0) is 13.2. The summed E-state index contributed by atoms with van der Waals surface area (Å²) in [5, 5.41) is 4.36. The van der Waals surface area contributed by atoms with Crippen molar-refractivity contribution in [2.75, 3.05) is 18.5 Å². The van der Waals surface area contributed by atoms with Gasteiger partial charge in [-0.1, -0.05) is 12.8 Å². The fourth-order valence-corrected chi connectivity index (χ4v) is 3.63. The number of nitrogens with zero attached hydrogens (tertiary/aromatic N) is 1. The summed E-state index contributed by atoms with van der Waals surface area (Å²) in [6.07, 6.45) is 5.84. The predicted octanol–water partition coefficient (Wildman–Crippen LogP) is 2.95. The second-order valence-corrected chi connectivity index (χ2v) is 6.41. The molecule has 4 nitrogen and oxygen atoms in total. The number of aryl methyl sites for hydroxylation is 1. The zero-order valence-electron chi connectivity index (χ0n) is 11.3. The maximum Gasteiger partial charge on any atom is 0.315 e. The highest BCUT2D eigenvalue weighted by atomic mass is 32.1. The van der Waals surface area contributed by atoms with Gasteiger partial charge in [0.15, 0.2) is 5.13 Å². The van der Waals surface area contributed by atoms with Crippen LogP contribution in [0.4, 0.5) is 5.13 Å². The van der Waals surface area contributed by atoms with E-state index in [0.29, 0.717) is 6.61 Å². The number of aromatic nitrogens is 1. The van der Waals surface area contributed by atoms with Crippen molar-refractivity contribution in [1.29, 1.82) is 0 Å². The molecule has 0 radical (unpaired) electrons. The van der Waals surface area contributed by atoms with Crippen LogP contribution in [0, 0.1) is 5.92 Å². The van der Waals surface area contributed by atoms with Gasteiger partial charge in [-0.25, -0.2) is 4.98 Å². The Hall–Kier alpha value is -1.10. The first kappa shape index (κ1) is 12.9. The van der Waals surface area contributed by atoms with Crippen LogP contribution in [-0.4, -0.2) is 24.1 Å². The van der Waals surface area contributed by atoms with E-state index < -0.39 is 0 Å². The largest absolute Gasteiger partial charge is 0.465 e. The second-order valence-electron chi connectivity index (χ2n) is 5.33. The summed E-state index contributed by atoms with van der Waals surface area (Å²) < 4.78 is 5.12. The van der Waals surface area contributed by atoms with Gasteiger partial charge in [0.2, 0.25) is 0 Å². The number of carbonyl (C=O) groups is 1. The van der Waals surface area contributed by atoms with E-state index in [9.17, 15) is 4.79 Å². The second kappa shape index (κ2) is 5.49. The number of anilines is 1. The Morgan fingerprint density at radius 2 is 2.32 bits per heavy atom. The van der Waals surface area contributed by atoms with Crippen LogP contribution in [-0.2, 0) is 16.0 Å². The molecule has 1 atom stereocenters. The molecule has 0 aliphatic heterocycles. The third kappa shape index (κ3) is 2.91. The van der Waals surface area contributed by atoms with Crippen LogP contribution >= 0.6 is 11.3 Å². The molecule has 2 aliphatic rings. The fraction of sp³-hybridized carbons (Fsp3) is 0.714. The van der Waals surface area contributed by atoms with E-state index in [1.807, 2.05) is 6.92 Å². The summed E-state index contributed by atoms with van der Waals surface area (Å²) in [5.41, 5.74) is 0.956. The molecule has 0 spiro atoms. The van der Waals surface area contributed by atoms with E-state index in [1.165, 1.54) is 24.1 Å². The molecule has 1 N–H and O–H groups in total. The van der Waals surface area contributed by atoms with Crippen LogP contribution in [0.2, 0.25) is 0 Å². The van der Waals surface area contributed by atoms with Crippen molar-refractivity contribution < 1.29 is 9.53 Å². The Kier molecular flexibility index (Phi) is 3.73. The molecule has 0 bridgehead atoms. The first-order chi connectivity index (χ1) is 9.28. The van der Waals surface area contributed by atoms with Gasteiger partial charge < -0.3 is 10.1 Å². The van der Waals surface area contributed by atoms with Crippen molar-refractivity contribution in [3.8, 4) is 0 Å². The lowest BCUT2D eigenvalue weighted by molar-refractivity contribution is -0.145. The summed E-state index contributed by atoms with van der Waals surface area (Å²) >= 11 is 1.70. The Balaban J connectivity index is 1.60. The maximum atomic E-state index is 11.9. The molecule has 1 fully saturated rings. The summed E-state index contributed by atoms with van der Waals surface area (Å²) in [4.78, 5) is 17.7. The Morgan fingerprint density at radius 1 is 1.47 bits per heavy atom. The number of nitrogens with one attached hydrogen (secondary N) is 1. The highest BCUT2D eigenvalue weighted by molar-refractivity contribution is 7.15. The Bertz CT molecular complexity index is 468. The normalized spacial score (nSPS) is 21.2. The number of rotatable bonds is 6. The molecular formula is C14H20N2O2S. The zero-order valence-corrected chi connectivity index (χ0v) is 12.1. The number of carbonyl (C=O) groups excluding carboxylic acids is 1. The van der Waals surface area contributed by atoms with E-state index >= 15 is 0 Å². The molecule has 1 saturated carbocycles. The highest BCUT2D eigenvalue weighted by Gasteiger charge is 2.33. The van der Waals surface area contributed by atoms with E-state index in [0.717, 1.165) is 36.1 Å². The molecule has 1 aromatic rings. The van der Waals surface area contributed by atoms with E-state index in [-0.39, 0.29) is 11.9 Å². The van der Waals surface area contributed by atoms with Gasteiger partial charge in [0, 0.05) is 11.4 Å². The molecule has 1 unspecified atom stereocenters. The Labute approximate surface area is 117 Å². The lowest BCUT2D eigenvalue weighted by atomic mass is 10.1. The Morgan fingerprint density at radius 3 is 3.05 bits per heavy atom. The molecule has 0 saturated heterocycles. The lowest BCUT2D eigenvalue weighted by Crippen LogP contribution is -2.14. The van der Waals surface area contributed by atoms with Gasteiger partial charge in [-0.3, -0.25) is 4.79 Å². The van der Waals surface area contributed by atoms with Crippen LogP contribution in [0.25, 0.3) is 0 Å². The molecule has 0 amide bonds. The predicted molar refractivity (Wildman–Crippen MR) is 75.6 cm³/mol. The molecule has 0 aromatic carbocycles. The molecule has 19 heavy (non-hydrogen) atoms. The van der Waals surface area contributed by atoms with Crippen molar-refractivity contribution in [2.45, 2.75) is 44.9 Å². The third-order valence-corrected chi connectivity index (χ3v) is 4.90. The fourth-order valence-electron chi connectivity index (χ4n) is 2.56. The van der Waals surface area contributed by atoms with Crippen LogP contribution in [0.3, 0.4) is 0 Å². The van der Waals surface area contributed by atoms with Crippen molar-refractivity contribution in [3.63, 3.8) is 0 Å². The van der Waals surface area contributed by atoms with Gasteiger partial charge in [-0.05, 0) is 32.1 Å². The summed E-state index contributed by atoms with van der Waals surface area (Å²) in [6.45, 7) is 3.29. The average Bonchev–Trinajstić information content (AvgIpc) is 2.97.